The number of hydrogen-bond acceptors (Lipinski definition) is 4. The number of ether oxygens (including phenoxy) is 1. The maximum absolute atomic E-state index is 12.3. The number of amides is 1. The van der Waals surface area contributed by atoms with Crippen LogP contribution in [0.1, 0.15) is 52.3 Å². The van der Waals surface area contributed by atoms with Gasteiger partial charge in [0.2, 0.25) is 0 Å². The lowest BCUT2D eigenvalue weighted by Crippen LogP contribution is -2.50. The molecule has 0 saturated carbocycles. The van der Waals surface area contributed by atoms with Crippen LogP contribution in [0.2, 0.25) is 0 Å². The Hall–Kier alpha value is -1.62. The molecule has 1 unspecified atom stereocenters. The number of carbonyl (C=O) groups excluding carboxylic acids is 1. The van der Waals surface area contributed by atoms with Crippen molar-refractivity contribution in [3.8, 4) is 0 Å². The largest absolute Gasteiger partial charge is 0.444 e. The van der Waals surface area contributed by atoms with Gasteiger partial charge >= 0.3 is 6.09 Å². The Balaban J connectivity index is 1.99. The summed E-state index contributed by atoms with van der Waals surface area (Å²) in [6.45, 7) is 9.36. The van der Waals surface area contributed by atoms with E-state index in [4.69, 9.17) is 4.74 Å². The van der Waals surface area contributed by atoms with E-state index >= 15 is 0 Å². The summed E-state index contributed by atoms with van der Waals surface area (Å²) in [6, 6.07) is 6.55. The number of aromatic nitrogens is 1. The molecule has 2 atom stereocenters. The van der Waals surface area contributed by atoms with Crippen molar-refractivity contribution in [3.05, 3.63) is 30.1 Å². The number of nitrogens with zero attached hydrogens (tertiary/aromatic N) is 3. The molecule has 1 amide bonds. The Kier molecular flexibility index (Phi) is 5.63. The maximum atomic E-state index is 12.3. The zero-order valence-corrected chi connectivity index (χ0v) is 15.0. The lowest BCUT2D eigenvalue weighted by atomic mass is 10.0. The molecule has 1 aliphatic rings. The summed E-state index contributed by atoms with van der Waals surface area (Å²) in [5, 5.41) is 0. The second-order valence-electron chi connectivity index (χ2n) is 7.32. The van der Waals surface area contributed by atoms with Gasteiger partial charge in [0, 0.05) is 31.4 Å². The fourth-order valence-corrected chi connectivity index (χ4v) is 2.93. The fourth-order valence-electron chi connectivity index (χ4n) is 2.93. The lowest BCUT2D eigenvalue weighted by molar-refractivity contribution is 0.00959. The number of likely N-dealkylation sites (N-methyl/N-ethyl adjacent to an activating group) is 1. The highest BCUT2D eigenvalue weighted by atomic mass is 16.6. The van der Waals surface area contributed by atoms with Crippen molar-refractivity contribution in [1.29, 1.82) is 0 Å². The van der Waals surface area contributed by atoms with E-state index in [9.17, 15) is 4.79 Å². The van der Waals surface area contributed by atoms with Crippen LogP contribution in [0.5, 0.6) is 0 Å². The van der Waals surface area contributed by atoms with Gasteiger partial charge in [0.1, 0.15) is 5.60 Å². The molecule has 0 bridgehead atoms. The predicted octanol–water partition coefficient (Wildman–Crippen LogP) is 3.47. The third-order valence-corrected chi connectivity index (χ3v) is 4.35. The summed E-state index contributed by atoms with van der Waals surface area (Å²) in [7, 11) is 2.11. The van der Waals surface area contributed by atoms with Crippen LogP contribution in [0, 0.1) is 0 Å². The molecule has 5 nitrogen and oxygen atoms in total. The van der Waals surface area contributed by atoms with Crippen LogP contribution in [-0.4, -0.2) is 52.7 Å². The first kappa shape index (κ1) is 17.7. The third kappa shape index (κ3) is 4.93. The van der Waals surface area contributed by atoms with Gasteiger partial charge in [-0.05, 0) is 59.7 Å². The van der Waals surface area contributed by atoms with E-state index in [1.54, 1.807) is 0 Å². The van der Waals surface area contributed by atoms with Crippen molar-refractivity contribution in [3.63, 3.8) is 0 Å². The summed E-state index contributed by atoms with van der Waals surface area (Å²) in [6.07, 6.45) is 3.71. The molecule has 1 aromatic rings. The molecule has 0 aromatic carbocycles. The number of carbonyl (C=O) groups is 1. The van der Waals surface area contributed by atoms with Gasteiger partial charge in [-0.3, -0.25) is 9.88 Å². The molecular weight excluding hydrogens is 290 g/mol. The van der Waals surface area contributed by atoms with Gasteiger partial charge in [-0.25, -0.2) is 4.79 Å². The minimum absolute atomic E-state index is 0.207. The number of pyridine rings is 1. The first-order valence-corrected chi connectivity index (χ1v) is 8.39. The smallest absolute Gasteiger partial charge is 0.410 e. The molecule has 1 aliphatic heterocycles. The highest BCUT2D eigenvalue weighted by Crippen LogP contribution is 2.24. The Labute approximate surface area is 139 Å². The first-order chi connectivity index (χ1) is 10.8. The van der Waals surface area contributed by atoms with Crippen LogP contribution in [0.25, 0.3) is 0 Å². The van der Waals surface area contributed by atoms with Crippen LogP contribution >= 0.6 is 0 Å². The predicted molar refractivity (Wildman–Crippen MR) is 91.2 cm³/mol. The second-order valence-corrected chi connectivity index (χ2v) is 7.32. The average Bonchev–Trinajstić information content (AvgIpc) is 2.53. The van der Waals surface area contributed by atoms with E-state index < -0.39 is 5.60 Å². The van der Waals surface area contributed by atoms with Gasteiger partial charge in [0.15, 0.2) is 0 Å². The van der Waals surface area contributed by atoms with Crippen LogP contribution in [-0.2, 0) is 4.74 Å². The van der Waals surface area contributed by atoms with Gasteiger partial charge < -0.3 is 9.64 Å². The van der Waals surface area contributed by atoms with Crippen molar-refractivity contribution >= 4 is 6.09 Å². The lowest BCUT2D eigenvalue weighted by Gasteiger charge is -2.40. The molecule has 23 heavy (non-hydrogen) atoms. The molecule has 0 N–H and O–H groups in total. The quantitative estimate of drug-likeness (QED) is 0.856. The molecule has 0 radical (unpaired) electrons. The summed E-state index contributed by atoms with van der Waals surface area (Å²) in [5.41, 5.74) is 0.612. The van der Waals surface area contributed by atoms with E-state index in [0.717, 1.165) is 25.1 Å². The standard InChI is InChI=1S/C18H29N3O2/c1-14(16-10-6-7-11-19-16)20(5)15-9-8-12-21(13-15)17(22)23-18(2,3)4/h6-7,10-11,14-15H,8-9,12-13H2,1-5H3/t14?,15-/m0/s1. The molecule has 1 aromatic heterocycles. The Morgan fingerprint density at radius 2 is 2.17 bits per heavy atom. The molecule has 128 valence electrons. The molecule has 2 rings (SSSR count). The molecule has 0 aliphatic carbocycles. The van der Waals surface area contributed by atoms with Crippen LogP contribution in [0.4, 0.5) is 4.79 Å². The highest BCUT2D eigenvalue weighted by Gasteiger charge is 2.31. The topological polar surface area (TPSA) is 45.7 Å². The molecule has 5 heteroatoms. The minimum Gasteiger partial charge on any atom is -0.444 e. The summed E-state index contributed by atoms with van der Waals surface area (Å²) < 4.78 is 5.51. The Morgan fingerprint density at radius 3 is 2.78 bits per heavy atom. The van der Waals surface area contributed by atoms with Crippen LogP contribution in [0.15, 0.2) is 24.4 Å². The normalized spacial score (nSPS) is 20.4. The molecule has 1 saturated heterocycles. The summed E-state index contributed by atoms with van der Waals surface area (Å²) in [5.74, 6) is 0. The van der Waals surface area contributed by atoms with Gasteiger partial charge in [-0.2, -0.15) is 0 Å². The SMILES string of the molecule is CC(c1ccccn1)N(C)[C@H]1CCCN(C(=O)OC(C)(C)C)C1. The highest BCUT2D eigenvalue weighted by molar-refractivity contribution is 5.68. The Bertz CT molecular complexity index is 513. The number of likely N-dealkylation sites (tertiary alicyclic amines) is 1. The van der Waals surface area contributed by atoms with E-state index in [-0.39, 0.29) is 12.1 Å². The zero-order valence-electron chi connectivity index (χ0n) is 15.0. The van der Waals surface area contributed by atoms with Crippen molar-refractivity contribution < 1.29 is 9.53 Å². The van der Waals surface area contributed by atoms with Crippen molar-refractivity contribution in [2.24, 2.45) is 0 Å². The monoisotopic (exact) mass is 319 g/mol. The van der Waals surface area contributed by atoms with Gasteiger partial charge in [0.05, 0.1) is 5.69 Å². The van der Waals surface area contributed by atoms with E-state index in [1.807, 2.05) is 44.0 Å². The maximum Gasteiger partial charge on any atom is 0.410 e. The Morgan fingerprint density at radius 1 is 1.43 bits per heavy atom. The van der Waals surface area contributed by atoms with E-state index in [0.29, 0.717) is 12.6 Å². The fraction of sp³-hybridized carbons (Fsp3) is 0.667. The molecule has 0 spiro atoms. The zero-order chi connectivity index (χ0) is 17.0. The van der Waals surface area contributed by atoms with Crippen LogP contribution in [0.3, 0.4) is 0 Å². The van der Waals surface area contributed by atoms with Crippen molar-refractivity contribution in [1.82, 2.24) is 14.8 Å². The van der Waals surface area contributed by atoms with Crippen molar-refractivity contribution in [2.45, 2.75) is 58.2 Å². The molecule has 1 fully saturated rings. The summed E-state index contributed by atoms with van der Waals surface area (Å²) >= 11 is 0. The van der Waals surface area contributed by atoms with Crippen LogP contribution < -0.4 is 0 Å². The second kappa shape index (κ2) is 7.30. The van der Waals surface area contributed by atoms with E-state index in [2.05, 4.69) is 29.9 Å². The van der Waals surface area contributed by atoms with Gasteiger partial charge in [0.25, 0.3) is 0 Å². The summed E-state index contributed by atoms with van der Waals surface area (Å²) in [4.78, 5) is 20.9. The molecule has 2 heterocycles. The minimum atomic E-state index is -0.447. The van der Waals surface area contributed by atoms with Gasteiger partial charge in [-0.15, -0.1) is 0 Å². The number of rotatable bonds is 3. The third-order valence-electron chi connectivity index (χ3n) is 4.35. The van der Waals surface area contributed by atoms with Crippen molar-refractivity contribution in [2.75, 3.05) is 20.1 Å². The number of piperidine rings is 1. The average molecular weight is 319 g/mol. The molecular formula is C18H29N3O2. The van der Waals surface area contributed by atoms with E-state index in [1.165, 1.54) is 0 Å². The van der Waals surface area contributed by atoms with Gasteiger partial charge in [-0.1, -0.05) is 6.07 Å². The number of hydrogen-bond donors (Lipinski definition) is 0. The first-order valence-electron chi connectivity index (χ1n) is 8.39.